The first kappa shape index (κ1) is 15.8. The lowest BCUT2D eigenvalue weighted by molar-refractivity contribution is 0.216. The zero-order valence-corrected chi connectivity index (χ0v) is 15.0. The van der Waals surface area contributed by atoms with Crippen molar-refractivity contribution in [2.24, 2.45) is 0 Å². The van der Waals surface area contributed by atoms with Gasteiger partial charge in [0.25, 0.3) is 0 Å². The van der Waals surface area contributed by atoms with Crippen LogP contribution in [-0.4, -0.2) is 42.0 Å². The zero-order valence-electron chi connectivity index (χ0n) is 15.0. The van der Waals surface area contributed by atoms with Crippen molar-refractivity contribution in [3.8, 4) is 5.69 Å². The van der Waals surface area contributed by atoms with E-state index in [0.717, 1.165) is 26.1 Å². The average Bonchev–Trinajstić information content (AvgIpc) is 3.44. The van der Waals surface area contributed by atoms with Crippen molar-refractivity contribution < 1.29 is 0 Å². The Morgan fingerprint density at radius 2 is 2.00 bits per heavy atom. The van der Waals surface area contributed by atoms with E-state index >= 15 is 0 Å². The summed E-state index contributed by atoms with van der Waals surface area (Å²) in [6.07, 6.45) is 9.46. The number of hydrogen-bond acceptors (Lipinski definition) is 4. The third kappa shape index (κ3) is 2.84. The van der Waals surface area contributed by atoms with E-state index in [4.69, 9.17) is 5.10 Å². The number of hydrogen-bond donors (Lipinski definition) is 0. The number of benzene rings is 1. The lowest BCUT2D eigenvalue weighted by Gasteiger charge is -2.23. The SMILES string of the molecule is c1ccc(-n2nc(CN3CCC[C@@H]3Cn3cncn3)c3c2CCC3)cc1. The first-order valence-electron chi connectivity index (χ1n) is 9.60. The quantitative estimate of drug-likeness (QED) is 0.711. The summed E-state index contributed by atoms with van der Waals surface area (Å²) in [5.74, 6) is 0. The van der Waals surface area contributed by atoms with E-state index in [1.807, 2.05) is 11.0 Å². The van der Waals surface area contributed by atoms with E-state index in [1.165, 1.54) is 48.3 Å². The molecule has 0 amide bonds. The maximum Gasteiger partial charge on any atom is 0.137 e. The molecule has 1 aliphatic carbocycles. The van der Waals surface area contributed by atoms with E-state index in [9.17, 15) is 0 Å². The van der Waals surface area contributed by atoms with Crippen LogP contribution in [0.25, 0.3) is 5.69 Å². The molecule has 0 saturated carbocycles. The predicted molar refractivity (Wildman–Crippen MR) is 99.0 cm³/mol. The van der Waals surface area contributed by atoms with Gasteiger partial charge in [0.2, 0.25) is 0 Å². The van der Waals surface area contributed by atoms with Crippen LogP contribution in [0.1, 0.15) is 36.2 Å². The maximum atomic E-state index is 5.04. The van der Waals surface area contributed by atoms with Crippen molar-refractivity contribution in [3.05, 3.63) is 59.9 Å². The normalized spacial score (nSPS) is 19.9. The van der Waals surface area contributed by atoms with Crippen LogP contribution in [0.3, 0.4) is 0 Å². The van der Waals surface area contributed by atoms with Crippen LogP contribution in [0.5, 0.6) is 0 Å². The van der Waals surface area contributed by atoms with Crippen molar-refractivity contribution in [2.45, 2.75) is 51.2 Å². The van der Waals surface area contributed by atoms with Crippen LogP contribution < -0.4 is 0 Å². The van der Waals surface area contributed by atoms with Gasteiger partial charge in [-0.05, 0) is 56.3 Å². The summed E-state index contributed by atoms with van der Waals surface area (Å²) in [5.41, 5.74) is 5.35. The number of rotatable bonds is 5. The Hall–Kier alpha value is -2.47. The van der Waals surface area contributed by atoms with Crippen molar-refractivity contribution in [1.82, 2.24) is 29.4 Å². The summed E-state index contributed by atoms with van der Waals surface area (Å²) < 4.78 is 4.14. The van der Waals surface area contributed by atoms with Crippen molar-refractivity contribution in [3.63, 3.8) is 0 Å². The van der Waals surface area contributed by atoms with Crippen LogP contribution in [-0.2, 0) is 25.9 Å². The molecule has 1 saturated heterocycles. The molecule has 0 N–H and O–H groups in total. The smallest absolute Gasteiger partial charge is 0.137 e. The first-order valence-corrected chi connectivity index (χ1v) is 9.60. The van der Waals surface area contributed by atoms with Gasteiger partial charge >= 0.3 is 0 Å². The first-order chi connectivity index (χ1) is 12.9. The summed E-state index contributed by atoms with van der Waals surface area (Å²) in [5, 5.41) is 9.32. The second kappa shape index (κ2) is 6.68. The van der Waals surface area contributed by atoms with Crippen LogP contribution >= 0.6 is 0 Å². The molecule has 2 aliphatic rings. The Morgan fingerprint density at radius 1 is 1.08 bits per heavy atom. The number of aromatic nitrogens is 5. The fourth-order valence-corrected chi connectivity index (χ4v) is 4.47. The van der Waals surface area contributed by atoms with Crippen LogP contribution in [0, 0.1) is 0 Å². The Kier molecular flexibility index (Phi) is 4.05. The summed E-state index contributed by atoms with van der Waals surface area (Å²) in [6, 6.07) is 11.1. The lowest BCUT2D eigenvalue weighted by Crippen LogP contribution is -2.33. The van der Waals surface area contributed by atoms with Gasteiger partial charge in [0.05, 0.1) is 17.9 Å². The Labute approximate surface area is 153 Å². The predicted octanol–water partition coefficient (Wildman–Crippen LogP) is 2.62. The van der Waals surface area contributed by atoms with E-state index in [2.05, 4.69) is 50.0 Å². The molecule has 3 aromatic rings. The highest BCUT2D eigenvalue weighted by Crippen LogP contribution is 2.30. The maximum absolute atomic E-state index is 5.04. The molecular formula is C20H24N6. The van der Waals surface area contributed by atoms with Gasteiger partial charge in [0.15, 0.2) is 0 Å². The second-order valence-corrected chi connectivity index (χ2v) is 7.36. The minimum Gasteiger partial charge on any atom is -0.293 e. The number of likely N-dealkylation sites (tertiary alicyclic amines) is 1. The summed E-state index contributed by atoms with van der Waals surface area (Å²) in [6.45, 7) is 3.01. The summed E-state index contributed by atoms with van der Waals surface area (Å²) in [4.78, 5) is 6.66. The highest BCUT2D eigenvalue weighted by Gasteiger charge is 2.29. The van der Waals surface area contributed by atoms with Gasteiger partial charge in [-0.3, -0.25) is 9.58 Å². The Balaban J connectivity index is 1.40. The number of para-hydroxylation sites is 1. The van der Waals surface area contributed by atoms with Gasteiger partial charge in [-0.2, -0.15) is 10.2 Å². The molecule has 0 spiro atoms. The molecule has 0 bridgehead atoms. The van der Waals surface area contributed by atoms with Gasteiger partial charge in [-0.25, -0.2) is 9.67 Å². The standard InChI is InChI=1S/C20H24N6/c1-2-6-16(7-3-1)26-20-10-4-9-18(20)19(23-26)13-24-11-5-8-17(24)12-25-15-21-14-22-25/h1-3,6-7,14-15,17H,4-5,8-13H2/t17-/m1/s1. The largest absolute Gasteiger partial charge is 0.293 e. The third-order valence-electron chi connectivity index (χ3n) is 5.73. The van der Waals surface area contributed by atoms with Gasteiger partial charge < -0.3 is 0 Å². The number of nitrogens with zero attached hydrogens (tertiary/aromatic N) is 6. The third-order valence-corrected chi connectivity index (χ3v) is 5.73. The molecule has 6 heteroatoms. The topological polar surface area (TPSA) is 51.8 Å². The molecular weight excluding hydrogens is 324 g/mol. The van der Waals surface area contributed by atoms with E-state index in [0.29, 0.717) is 6.04 Å². The molecule has 26 heavy (non-hydrogen) atoms. The molecule has 2 aromatic heterocycles. The molecule has 1 atom stereocenters. The molecule has 6 nitrogen and oxygen atoms in total. The Morgan fingerprint density at radius 3 is 2.85 bits per heavy atom. The summed E-state index contributed by atoms with van der Waals surface area (Å²) >= 11 is 0. The van der Waals surface area contributed by atoms with E-state index in [1.54, 1.807) is 6.33 Å². The summed E-state index contributed by atoms with van der Waals surface area (Å²) in [7, 11) is 0. The molecule has 5 rings (SSSR count). The van der Waals surface area contributed by atoms with Crippen LogP contribution in [0.15, 0.2) is 43.0 Å². The highest BCUT2D eigenvalue weighted by molar-refractivity contribution is 5.39. The van der Waals surface area contributed by atoms with Crippen LogP contribution in [0.4, 0.5) is 0 Å². The van der Waals surface area contributed by atoms with Crippen LogP contribution in [0.2, 0.25) is 0 Å². The van der Waals surface area contributed by atoms with Gasteiger partial charge in [-0.15, -0.1) is 0 Å². The molecule has 0 radical (unpaired) electrons. The highest BCUT2D eigenvalue weighted by atomic mass is 15.3. The lowest BCUT2D eigenvalue weighted by atomic mass is 10.1. The van der Waals surface area contributed by atoms with E-state index < -0.39 is 0 Å². The molecule has 134 valence electrons. The zero-order chi connectivity index (χ0) is 17.3. The number of fused-ring (bicyclic) bond motifs is 1. The van der Waals surface area contributed by atoms with Gasteiger partial charge in [0.1, 0.15) is 12.7 Å². The fourth-order valence-electron chi connectivity index (χ4n) is 4.47. The fraction of sp³-hybridized carbons (Fsp3) is 0.450. The molecule has 1 aliphatic heterocycles. The van der Waals surface area contributed by atoms with E-state index in [-0.39, 0.29) is 0 Å². The van der Waals surface area contributed by atoms with Crippen molar-refractivity contribution in [2.75, 3.05) is 6.54 Å². The van der Waals surface area contributed by atoms with Gasteiger partial charge in [0, 0.05) is 18.3 Å². The minimum atomic E-state index is 0.524. The van der Waals surface area contributed by atoms with Gasteiger partial charge in [-0.1, -0.05) is 18.2 Å². The molecule has 3 heterocycles. The molecule has 1 aromatic carbocycles. The second-order valence-electron chi connectivity index (χ2n) is 7.36. The minimum absolute atomic E-state index is 0.524. The van der Waals surface area contributed by atoms with Crippen molar-refractivity contribution in [1.29, 1.82) is 0 Å². The van der Waals surface area contributed by atoms with Crippen molar-refractivity contribution >= 4 is 0 Å². The average molecular weight is 348 g/mol. The molecule has 1 fully saturated rings. The molecule has 0 unspecified atom stereocenters. The Bertz CT molecular complexity index is 867. The monoisotopic (exact) mass is 348 g/mol.